The molecule has 0 saturated heterocycles. The van der Waals surface area contributed by atoms with Crippen LogP contribution in [0.3, 0.4) is 0 Å². The lowest BCUT2D eigenvalue weighted by atomic mass is 10.3. The summed E-state index contributed by atoms with van der Waals surface area (Å²) < 4.78 is 12.9. The SMILES string of the molecule is N#CCc1ccc(F)c(I)n1. The van der Waals surface area contributed by atoms with Gasteiger partial charge in [0.25, 0.3) is 0 Å². The van der Waals surface area contributed by atoms with Crippen LogP contribution in [0.25, 0.3) is 0 Å². The zero-order valence-corrected chi connectivity index (χ0v) is 7.67. The van der Waals surface area contributed by atoms with E-state index in [4.69, 9.17) is 5.26 Å². The van der Waals surface area contributed by atoms with Gasteiger partial charge in [-0.3, -0.25) is 0 Å². The van der Waals surface area contributed by atoms with E-state index in [2.05, 4.69) is 4.98 Å². The molecule has 0 radical (unpaired) electrons. The lowest BCUT2D eigenvalue weighted by Crippen LogP contribution is -1.93. The largest absolute Gasteiger partial charge is 0.243 e. The van der Waals surface area contributed by atoms with Crippen molar-refractivity contribution in [3.8, 4) is 6.07 Å². The van der Waals surface area contributed by atoms with Gasteiger partial charge in [0.2, 0.25) is 0 Å². The summed E-state index contributed by atoms with van der Waals surface area (Å²) in [5.74, 6) is -0.340. The van der Waals surface area contributed by atoms with Crippen LogP contribution in [-0.4, -0.2) is 4.98 Å². The van der Waals surface area contributed by atoms with Gasteiger partial charge in [-0.1, -0.05) is 0 Å². The van der Waals surface area contributed by atoms with Gasteiger partial charge < -0.3 is 0 Å². The third-order valence-electron chi connectivity index (χ3n) is 1.12. The van der Waals surface area contributed by atoms with Crippen molar-refractivity contribution in [2.45, 2.75) is 6.42 Å². The molecule has 0 saturated carbocycles. The molecule has 0 aliphatic heterocycles. The second-order valence-corrected chi connectivity index (χ2v) is 2.93. The van der Waals surface area contributed by atoms with Gasteiger partial charge in [-0.15, -0.1) is 0 Å². The average molecular weight is 262 g/mol. The number of hydrogen-bond donors (Lipinski definition) is 0. The van der Waals surface area contributed by atoms with Crippen molar-refractivity contribution in [1.82, 2.24) is 4.98 Å². The molecule has 0 N–H and O–H groups in total. The summed E-state index contributed by atoms with van der Waals surface area (Å²) in [6, 6.07) is 4.78. The van der Waals surface area contributed by atoms with Gasteiger partial charge in [0.1, 0.15) is 3.70 Å². The maximum Gasteiger partial charge on any atom is 0.155 e. The second-order valence-electron chi connectivity index (χ2n) is 1.91. The van der Waals surface area contributed by atoms with E-state index in [1.54, 1.807) is 22.6 Å². The van der Waals surface area contributed by atoms with Crippen molar-refractivity contribution in [3.63, 3.8) is 0 Å². The van der Waals surface area contributed by atoms with E-state index in [1.165, 1.54) is 12.1 Å². The zero-order chi connectivity index (χ0) is 8.27. The van der Waals surface area contributed by atoms with Crippen LogP contribution in [0.1, 0.15) is 5.69 Å². The minimum Gasteiger partial charge on any atom is -0.243 e. The number of hydrogen-bond acceptors (Lipinski definition) is 2. The summed E-state index contributed by atoms with van der Waals surface area (Å²) in [4.78, 5) is 3.85. The predicted molar refractivity (Wildman–Crippen MR) is 46.2 cm³/mol. The number of aromatic nitrogens is 1. The molecule has 0 fully saturated rings. The smallest absolute Gasteiger partial charge is 0.155 e. The van der Waals surface area contributed by atoms with Crippen LogP contribution in [0, 0.1) is 20.8 Å². The Morgan fingerprint density at radius 3 is 2.91 bits per heavy atom. The molecular formula is C7H4FIN2. The highest BCUT2D eigenvalue weighted by molar-refractivity contribution is 14.1. The lowest BCUT2D eigenvalue weighted by Gasteiger charge is -1.95. The number of nitrogens with zero attached hydrogens (tertiary/aromatic N) is 2. The van der Waals surface area contributed by atoms with Crippen LogP contribution in [0.2, 0.25) is 0 Å². The van der Waals surface area contributed by atoms with Crippen molar-refractivity contribution in [1.29, 1.82) is 5.26 Å². The fourth-order valence-electron chi connectivity index (χ4n) is 0.634. The summed E-state index contributed by atoms with van der Waals surface area (Å²) in [5, 5.41) is 8.29. The molecule has 11 heavy (non-hydrogen) atoms. The Morgan fingerprint density at radius 1 is 1.64 bits per heavy atom. The predicted octanol–water partition coefficient (Wildman–Crippen LogP) is 1.89. The number of rotatable bonds is 1. The minimum absolute atomic E-state index is 0.232. The first-order chi connectivity index (χ1) is 5.24. The summed E-state index contributed by atoms with van der Waals surface area (Å²) in [7, 11) is 0. The van der Waals surface area contributed by atoms with E-state index in [0.717, 1.165) is 0 Å². The van der Waals surface area contributed by atoms with Crippen molar-refractivity contribution in [3.05, 3.63) is 27.3 Å². The fourth-order valence-corrected chi connectivity index (χ4v) is 1.12. The molecule has 0 aromatic carbocycles. The molecule has 0 bridgehead atoms. The van der Waals surface area contributed by atoms with Crippen LogP contribution in [0.4, 0.5) is 4.39 Å². The van der Waals surface area contributed by atoms with Crippen LogP contribution >= 0.6 is 22.6 Å². The summed E-state index contributed by atoms with van der Waals surface area (Å²) in [6.45, 7) is 0. The molecule has 2 nitrogen and oxygen atoms in total. The van der Waals surface area contributed by atoms with Gasteiger partial charge in [0.05, 0.1) is 18.2 Å². The molecule has 1 rings (SSSR count). The fraction of sp³-hybridized carbons (Fsp3) is 0.143. The highest BCUT2D eigenvalue weighted by atomic mass is 127. The summed E-state index contributed by atoms with van der Waals surface area (Å²) >= 11 is 1.79. The topological polar surface area (TPSA) is 36.7 Å². The lowest BCUT2D eigenvalue weighted by molar-refractivity contribution is 0.610. The molecular weight excluding hydrogens is 258 g/mol. The highest BCUT2D eigenvalue weighted by Gasteiger charge is 2.00. The quantitative estimate of drug-likeness (QED) is 0.572. The Kier molecular flexibility index (Phi) is 2.76. The van der Waals surface area contributed by atoms with Crippen molar-refractivity contribution >= 4 is 22.6 Å². The molecule has 0 atom stereocenters. The third kappa shape index (κ3) is 2.12. The van der Waals surface area contributed by atoms with Gasteiger partial charge in [-0.05, 0) is 34.7 Å². The number of nitriles is 1. The van der Waals surface area contributed by atoms with E-state index in [9.17, 15) is 4.39 Å². The molecule has 4 heteroatoms. The van der Waals surface area contributed by atoms with E-state index < -0.39 is 0 Å². The van der Waals surface area contributed by atoms with Gasteiger partial charge in [-0.2, -0.15) is 5.26 Å². The molecule has 0 spiro atoms. The average Bonchev–Trinajstić information content (AvgIpc) is 1.98. The normalized spacial score (nSPS) is 9.18. The molecule has 0 amide bonds. The molecule has 0 aliphatic carbocycles. The zero-order valence-electron chi connectivity index (χ0n) is 5.51. The van der Waals surface area contributed by atoms with Gasteiger partial charge in [0, 0.05) is 0 Å². The Bertz CT molecular complexity index is 306. The van der Waals surface area contributed by atoms with E-state index in [-0.39, 0.29) is 12.2 Å². The number of pyridine rings is 1. The van der Waals surface area contributed by atoms with Crippen molar-refractivity contribution < 1.29 is 4.39 Å². The van der Waals surface area contributed by atoms with Crippen molar-refractivity contribution in [2.24, 2.45) is 0 Å². The molecule has 1 heterocycles. The molecule has 1 aromatic heterocycles. The summed E-state index contributed by atoms with van der Waals surface area (Å²) in [5.41, 5.74) is 0.610. The first-order valence-electron chi connectivity index (χ1n) is 2.92. The maximum absolute atomic E-state index is 12.6. The Morgan fingerprint density at radius 2 is 2.36 bits per heavy atom. The molecule has 56 valence electrons. The van der Waals surface area contributed by atoms with Crippen LogP contribution < -0.4 is 0 Å². The molecule has 0 unspecified atom stereocenters. The number of halogens is 2. The van der Waals surface area contributed by atoms with Gasteiger partial charge in [0.15, 0.2) is 5.82 Å². The van der Waals surface area contributed by atoms with E-state index in [1.807, 2.05) is 6.07 Å². The Hall–Kier alpha value is -0.700. The minimum atomic E-state index is -0.340. The van der Waals surface area contributed by atoms with Gasteiger partial charge >= 0.3 is 0 Å². The monoisotopic (exact) mass is 262 g/mol. The van der Waals surface area contributed by atoms with Crippen LogP contribution in [-0.2, 0) is 6.42 Å². The Labute approximate surface area is 77.2 Å². The van der Waals surface area contributed by atoms with Gasteiger partial charge in [-0.25, -0.2) is 9.37 Å². The van der Waals surface area contributed by atoms with Crippen LogP contribution in [0.15, 0.2) is 12.1 Å². The Balaban J connectivity index is 2.98. The van der Waals surface area contributed by atoms with Crippen LogP contribution in [0.5, 0.6) is 0 Å². The van der Waals surface area contributed by atoms with E-state index >= 15 is 0 Å². The first-order valence-corrected chi connectivity index (χ1v) is 4.00. The second kappa shape index (κ2) is 3.62. The maximum atomic E-state index is 12.6. The van der Waals surface area contributed by atoms with E-state index in [0.29, 0.717) is 9.39 Å². The highest BCUT2D eigenvalue weighted by Crippen LogP contribution is 2.08. The standard InChI is InChI=1S/C7H4FIN2/c8-6-2-1-5(3-4-10)11-7(6)9/h1-2H,3H2. The van der Waals surface area contributed by atoms with Crippen molar-refractivity contribution in [2.75, 3.05) is 0 Å². The first kappa shape index (κ1) is 8.40. The summed E-state index contributed by atoms with van der Waals surface area (Å²) in [6.07, 6.45) is 0.232. The molecule has 0 aliphatic rings. The third-order valence-corrected chi connectivity index (χ3v) is 1.88. The molecule has 1 aromatic rings.